The van der Waals surface area contributed by atoms with E-state index in [1.165, 1.54) is 5.56 Å². The Hall–Kier alpha value is -3.11. The van der Waals surface area contributed by atoms with Gasteiger partial charge in [0.2, 0.25) is 0 Å². The molecule has 4 aromatic rings. The minimum Gasteiger partial charge on any atom is -0.322 e. The van der Waals surface area contributed by atoms with E-state index >= 15 is 0 Å². The van der Waals surface area contributed by atoms with Crippen LogP contribution in [0.4, 0.5) is 5.69 Å². The van der Waals surface area contributed by atoms with E-state index < -0.39 is 0 Å². The van der Waals surface area contributed by atoms with Crippen molar-refractivity contribution in [1.29, 1.82) is 0 Å². The predicted octanol–water partition coefficient (Wildman–Crippen LogP) is 7.56. The third-order valence-electron chi connectivity index (χ3n) is 6.19. The highest BCUT2D eigenvalue weighted by Crippen LogP contribution is 2.41. The van der Waals surface area contributed by atoms with Gasteiger partial charge in [-0.15, -0.1) is 0 Å². The van der Waals surface area contributed by atoms with Crippen LogP contribution in [0.25, 0.3) is 11.1 Å². The van der Waals surface area contributed by atoms with Crippen molar-refractivity contribution in [3.63, 3.8) is 0 Å². The third-order valence-corrected chi connectivity index (χ3v) is 6.93. The summed E-state index contributed by atoms with van der Waals surface area (Å²) in [4.78, 5) is 12.7. The number of carbonyl (C=O) groups excluding carboxylic acids is 1. The summed E-state index contributed by atoms with van der Waals surface area (Å²) in [6, 6.07) is 32.1. The number of nitrogens with one attached hydrogen (secondary N) is 2. The maximum atomic E-state index is 12.7. The number of rotatable bonds is 7. The Morgan fingerprint density at radius 3 is 2.21 bits per heavy atom. The van der Waals surface area contributed by atoms with Crippen LogP contribution >= 0.6 is 23.2 Å². The van der Waals surface area contributed by atoms with E-state index in [2.05, 4.69) is 34.9 Å². The van der Waals surface area contributed by atoms with Gasteiger partial charge in [-0.3, -0.25) is 4.79 Å². The van der Waals surface area contributed by atoms with E-state index in [-0.39, 0.29) is 5.91 Å². The smallest absolute Gasteiger partial charge is 0.255 e. The van der Waals surface area contributed by atoms with Crippen molar-refractivity contribution in [1.82, 2.24) is 5.32 Å². The van der Waals surface area contributed by atoms with Gasteiger partial charge < -0.3 is 10.6 Å². The van der Waals surface area contributed by atoms with Crippen LogP contribution in [0.5, 0.6) is 0 Å². The zero-order valence-corrected chi connectivity index (χ0v) is 20.0. The lowest BCUT2D eigenvalue weighted by Crippen LogP contribution is -2.17. The van der Waals surface area contributed by atoms with Gasteiger partial charge in [-0.2, -0.15) is 0 Å². The van der Waals surface area contributed by atoms with Crippen molar-refractivity contribution in [3.05, 3.63) is 124 Å². The van der Waals surface area contributed by atoms with Crippen molar-refractivity contribution in [2.24, 2.45) is 0 Å². The summed E-state index contributed by atoms with van der Waals surface area (Å²) in [5.74, 6) is 0.373. The zero-order chi connectivity index (χ0) is 23.5. The monoisotopic (exact) mass is 486 g/mol. The molecule has 1 fully saturated rings. The number of anilines is 1. The van der Waals surface area contributed by atoms with E-state index in [0.29, 0.717) is 27.6 Å². The summed E-state index contributed by atoms with van der Waals surface area (Å²) >= 11 is 12.1. The highest BCUT2D eigenvalue weighted by molar-refractivity contribution is 6.42. The van der Waals surface area contributed by atoms with E-state index in [0.717, 1.165) is 35.3 Å². The van der Waals surface area contributed by atoms with Gasteiger partial charge in [-0.05, 0) is 65.1 Å². The van der Waals surface area contributed by atoms with Crippen LogP contribution in [0.3, 0.4) is 0 Å². The van der Waals surface area contributed by atoms with Crippen molar-refractivity contribution in [2.45, 2.75) is 24.9 Å². The maximum absolute atomic E-state index is 12.7. The fraction of sp³-hybridized carbons (Fsp3) is 0.138. The number of halogens is 2. The van der Waals surface area contributed by atoms with Gasteiger partial charge in [0.05, 0.1) is 10.0 Å². The molecule has 0 aromatic heterocycles. The molecule has 1 amide bonds. The molecule has 4 aromatic carbocycles. The van der Waals surface area contributed by atoms with Crippen LogP contribution < -0.4 is 10.6 Å². The normalized spacial score (nSPS) is 16.8. The molecule has 2 atom stereocenters. The van der Waals surface area contributed by atoms with E-state index in [4.69, 9.17) is 23.2 Å². The number of amides is 1. The molecule has 0 heterocycles. The van der Waals surface area contributed by atoms with Gasteiger partial charge in [-0.1, -0.05) is 83.9 Å². The molecule has 1 saturated carbocycles. The molecule has 0 aliphatic heterocycles. The lowest BCUT2D eigenvalue weighted by atomic mass is 10.0. The Kier molecular flexibility index (Phi) is 6.68. The lowest BCUT2D eigenvalue weighted by molar-refractivity contribution is 0.102. The number of hydrogen-bond acceptors (Lipinski definition) is 2. The molecule has 0 unspecified atom stereocenters. The Morgan fingerprint density at radius 1 is 0.794 bits per heavy atom. The highest BCUT2D eigenvalue weighted by atomic mass is 35.5. The van der Waals surface area contributed by atoms with Crippen molar-refractivity contribution < 1.29 is 4.79 Å². The van der Waals surface area contributed by atoms with Crippen LogP contribution in [0, 0.1) is 0 Å². The van der Waals surface area contributed by atoms with Gasteiger partial charge in [-0.25, -0.2) is 0 Å². The minimum atomic E-state index is -0.111. The van der Waals surface area contributed by atoms with E-state index in [9.17, 15) is 4.79 Å². The largest absolute Gasteiger partial charge is 0.322 e. The van der Waals surface area contributed by atoms with Crippen LogP contribution in [0.15, 0.2) is 97.1 Å². The lowest BCUT2D eigenvalue weighted by Gasteiger charge is -2.09. The van der Waals surface area contributed by atoms with Crippen LogP contribution in [-0.2, 0) is 6.54 Å². The molecule has 0 bridgehead atoms. The standard InChI is InChI=1S/C29H24Cl2N2O/c30-26-15-6-19(16-27(26)31)18-32-28-17-25(28)22-11-13-24(14-12-22)33-29(34)23-9-7-21(8-10-23)20-4-2-1-3-5-20/h1-16,25,28,32H,17-18H2,(H,33,34)/t25-,28+/m0/s1. The van der Waals surface area contributed by atoms with Gasteiger partial charge in [0, 0.05) is 29.8 Å². The first-order chi connectivity index (χ1) is 16.6. The first-order valence-electron chi connectivity index (χ1n) is 11.3. The Bertz CT molecular complexity index is 1290. The van der Waals surface area contributed by atoms with E-state index in [1.54, 1.807) is 0 Å². The van der Waals surface area contributed by atoms with E-state index in [1.807, 2.05) is 72.8 Å². The van der Waals surface area contributed by atoms with Crippen molar-refractivity contribution in [2.75, 3.05) is 5.32 Å². The average molecular weight is 487 g/mol. The summed E-state index contributed by atoms with van der Waals surface area (Å²) in [7, 11) is 0. The second-order valence-corrected chi connectivity index (χ2v) is 9.41. The first kappa shape index (κ1) is 22.7. The molecule has 3 nitrogen and oxygen atoms in total. The summed E-state index contributed by atoms with van der Waals surface area (Å²) in [5, 5.41) is 7.73. The molecule has 170 valence electrons. The molecule has 0 saturated heterocycles. The maximum Gasteiger partial charge on any atom is 0.255 e. The Balaban J connectivity index is 1.14. The van der Waals surface area contributed by atoms with Crippen LogP contribution in [0.1, 0.15) is 33.8 Å². The molecule has 2 N–H and O–H groups in total. The Labute approximate surface area is 209 Å². The Morgan fingerprint density at radius 2 is 1.50 bits per heavy atom. The molecule has 5 rings (SSSR count). The highest BCUT2D eigenvalue weighted by Gasteiger charge is 2.37. The summed E-state index contributed by atoms with van der Waals surface area (Å²) in [6.07, 6.45) is 1.10. The number of benzene rings is 4. The molecule has 0 radical (unpaired) electrons. The first-order valence-corrected chi connectivity index (χ1v) is 12.1. The van der Waals surface area contributed by atoms with Gasteiger partial charge in [0.25, 0.3) is 5.91 Å². The van der Waals surface area contributed by atoms with Crippen LogP contribution in [0.2, 0.25) is 10.0 Å². The fourth-order valence-electron chi connectivity index (χ4n) is 4.15. The zero-order valence-electron chi connectivity index (χ0n) is 18.5. The molecule has 1 aliphatic carbocycles. The summed E-state index contributed by atoms with van der Waals surface area (Å²) in [6.45, 7) is 0.759. The third kappa shape index (κ3) is 5.34. The minimum absolute atomic E-state index is 0.111. The average Bonchev–Trinajstić information content (AvgIpc) is 3.65. The van der Waals surface area contributed by atoms with Gasteiger partial charge >= 0.3 is 0 Å². The van der Waals surface area contributed by atoms with Gasteiger partial charge in [0.15, 0.2) is 0 Å². The fourth-order valence-corrected chi connectivity index (χ4v) is 4.47. The van der Waals surface area contributed by atoms with Crippen molar-refractivity contribution in [3.8, 4) is 11.1 Å². The molecular weight excluding hydrogens is 463 g/mol. The summed E-state index contributed by atoms with van der Waals surface area (Å²) in [5.41, 5.74) is 6.05. The SMILES string of the molecule is O=C(Nc1ccc([C@@H]2C[C@H]2NCc2ccc(Cl)c(Cl)c2)cc1)c1ccc(-c2ccccc2)cc1. The molecule has 5 heteroatoms. The molecule has 1 aliphatic rings. The number of carbonyl (C=O) groups is 1. The molecule has 0 spiro atoms. The van der Waals surface area contributed by atoms with Crippen LogP contribution in [-0.4, -0.2) is 11.9 Å². The number of hydrogen-bond donors (Lipinski definition) is 2. The second kappa shape index (κ2) is 10.0. The molecule has 34 heavy (non-hydrogen) atoms. The summed E-state index contributed by atoms with van der Waals surface area (Å²) < 4.78 is 0. The second-order valence-electron chi connectivity index (χ2n) is 8.60. The quantitative estimate of drug-likeness (QED) is 0.283. The molecular formula is C29H24Cl2N2O. The predicted molar refractivity (Wildman–Crippen MR) is 141 cm³/mol. The topological polar surface area (TPSA) is 41.1 Å². The van der Waals surface area contributed by atoms with Gasteiger partial charge in [0.1, 0.15) is 0 Å². The van der Waals surface area contributed by atoms with Crippen molar-refractivity contribution >= 4 is 34.8 Å².